The van der Waals surface area contributed by atoms with Gasteiger partial charge in [0.05, 0.1) is 0 Å². The Hall–Kier alpha value is -0.470. The molecule has 9 heavy (non-hydrogen) atoms. The number of aldehydes is 1. The van der Waals surface area contributed by atoms with Gasteiger partial charge in [-0.05, 0) is 12.8 Å². The van der Waals surface area contributed by atoms with E-state index in [-0.39, 0.29) is 5.92 Å². The maximum absolute atomic E-state index is 11.8. The van der Waals surface area contributed by atoms with Crippen molar-refractivity contribution in [2.45, 2.75) is 19.3 Å². The highest BCUT2D eigenvalue weighted by Gasteiger charge is 2.37. The molecule has 1 nitrogen and oxygen atoms in total. The van der Waals surface area contributed by atoms with E-state index in [2.05, 4.69) is 0 Å². The monoisotopic (exact) mass is 134 g/mol. The van der Waals surface area contributed by atoms with E-state index in [1.165, 1.54) is 0 Å². The molecule has 0 aromatic carbocycles. The summed E-state index contributed by atoms with van der Waals surface area (Å²) in [5.74, 6) is -0.993. The van der Waals surface area contributed by atoms with Gasteiger partial charge in [-0.25, -0.2) is 8.78 Å². The number of alkyl halides is 2. The third kappa shape index (κ3) is 1.09. The summed E-state index contributed by atoms with van der Waals surface area (Å²) in [6.07, 6.45) is -0.492. The van der Waals surface area contributed by atoms with Crippen LogP contribution in [0.4, 0.5) is 8.78 Å². The van der Waals surface area contributed by atoms with Crippen molar-refractivity contribution in [2.75, 3.05) is 0 Å². The van der Waals surface area contributed by atoms with Gasteiger partial charge in [0.25, 0.3) is 0 Å². The number of hydrogen-bond acceptors (Lipinski definition) is 1. The first-order valence-electron chi connectivity index (χ1n) is 2.99. The van der Waals surface area contributed by atoms with Gasteiger partial charge < -0.3 is 4.79 Å². The van der Waals surface area contributed by atoms with Crippen molar-refractivity contribution < 1.29 is 13.6 Å². The minimum atomic E-state index is -2.30. The van der Waals surface area contributed by atoms with Crippen LogP contribution >= 0.6 is 0 Å². The van der Waals surface area contributed by atoms with Gasteiger partial charge in [0.1, 0.15) is 6.29 Å². The molecule has 1 aliphatic rings. The standard InChI is InChI=1S/C6H8F2O/c7-6(8)5-2-1-4(5)3-9/h3-6H,1-2H2. The van der Waals surface area contributed by atoms with Crippen LogP contribution < -0.4 is 0 Å². The maximum Gasteiger partial charge on any atom is 0.242 e. The van der Waals surface area contributed by atoms with Crippen molar-refractivity contribution in [1.29, 1.82) is 0 Å². The van der Waals surface area contributed by atoms with E-state index in [0.717, 1.165) is 0 Å². The molecule has 1 aliphatic carbocycles. The van der Waals surface area contributed by atoms with Crippen LogP contribution in [0, 0.1) is 11.8 Å². The molecule has 0 radical (unpaired) electrons. The van der Waals surface area contributed by atoms with Gasteiger partial charge in [0, 0.05) is 11.8 Å². The lowest BCUT2D eigenvalue weighted by Gasteiger charge is -2.31. The summed E-state index contributed by atoms with van der Waals surface area (Å²) in [6, 6.07) is 0. The Kier molecular flexibility index (Phi) is 1.78. The normalized spacial score (nSPS) is 34.1. The molecule has 0 saturated heterocycles. The van der Waals surface area contributed by atoms with Crippen LogP contribution in [0.5, 0.6) is 0 Å². The van der Waals surface area contributed by atoms with E-state index in [0.29, 0.717) is 19.1 Å². The van der Waals surface area contributed by atoms with Crippen molar-refractivity contribution >= 4 is 6.29 Å². The minimum Gasteiger partial charge on any atom is -0.303 e. The van der Waals surface area contributed by atoms with Crippen LogP contribution in [0.2, 0.25) is 0 Å². The third-order valence-corrected chi connectivity index (χ3v) is 1.88. The zero-order valence-electron chi connectivity index (χ0n) is 4.89. The summed E-state index contributed by atoms with van der Waals surface area (Å²) in [4.78, 5) is 9.97. The molecule has 0 aromatic rings. The SMILES string of the molecule is O=CC1CCC1C(F)F. The fraction of sp³-hybridized carbons (Fsp3) is 0.833. The molecule has 1 rings (SSSR count). The zero-order chi connectivity index (χ0) is 6.85. The van der Waals surface area contributed by atoms with Crippen LogP contribution in [0.25, 0.3) is 0 Å². The Morgan fingerprint density at radius 1 is 1.44 bits per heavy atom. The van der Waals surface area contributed by atoms with Crippen molar-refractivity contribution in [2.24, 2.45) is 11.8 Å². The highest BCUT2D eigenvalue weighted by molar-refractivity contribution is 5.55. The molecule has 2 atom stereocenters. The summed E-state index contributed by atoms with van der Waals surface area (Å²) in [5.41, 5.74) is 0. The number of rotatable bonds is 2. The molecule has 0 aliphatic heterocycles. The minimum absolute atomic E-state index is 0.356. The summed E-state index contributed by atoms with van der Waals surface area (Å²) in [5, 5.41) is 0. The van der Waals surface area contributed by atoms with E-state index >= 15 is 0 Å². The van der Waals surface area contributed by atoms with Gasteiger partial charge in [-0.2, -0.15) is 0 Å². The van der Waals surface area contributed by atoms with E-state index in [1.807, 2.05) is 0 Å². The van der Waals surface area contributed by atoms with E-state index in [4.69, 9.17) is 0 Å². The van der Waals surface area contributed by atoms with Crippen molar-refractivity contribution in [3.05, 3.63) is 0 Å². The van der Waals surface area contributed by atoms with Crippen LogP contribution in [-0.2, 0) is 4.79 Å². The van der Waals surface area contributed by atoms with Crippen molar-refractivity contribution in [1.82, 2.24) is 0 Å². The Labute approximate surface area is 52.1 Å². The van der Waals surface area contributed by atoms with Crippen LogP contribution in [0.1, 0.15) is 12.8 Å². The molecular formula is C6H8F2O. The lowest BCUT2D eigenvalue weighted by Crippen LogP contribution is -2.32. The predicted molar refractivity (Wildman–Crippen MR) is 28.3 cm³/mol. The van der Waals surface area contributed by atoms with E-state index < -0.39 is 12.3 Å². The Bertz CT molecular complexity index is 114. The molecule has 0 amide bonds. The summed E-state index contributed by atoms with van der Waals surface area (Å²) in [6.45, 7) is 0. The van der Waals surface area contributed by atoms with Crippen molar-refractivity contribution in [3.8, 4) is 0 Å². The Morgan fingerprint density at radius 3 is 2.22 bits per heavy atom. The average molecular weight is 134 g/mol. The second kappa shape index (κ2) is 2.42. The first-order chi connectivity index (χ1) is 4.25. The summed E-state index contributed by atoms with van der Waals surface area (Å²) < 4.78 is 23.5. The molecule has 1 fully saturated rings. The molecule has 1 saturated carbocycles. The van der Waals surface area contributed by atoms with Gasteiger partial charge in [0.2, 0.25) is 6.43 Å². The smallest absolute Gasteiger partial charge is 0.242 e. The lowest BCUT2D eigenvalue weighted by molar-refractivity contribution is -0.120. The molecule has 0 N–H and O–H groups in total. The Balaban J connectivity index is 2.35. The third-order valence-electron chi connectivity index (χ3n) is 1.88. The molecular weight excluding hydrogens is 126 g/mol. The second-order valence-electron chi connectivity index (χ2n) is 2.38. The van der Waals surface area contributed by atoms with Gasteiger partial charge in [0.15, 0.2) is 0 Å². The first kappa shape index (κ1) is 6.65. The molecule has 3 heteroatoms. The molecule has 0 heterocycles. The number of carbonyl (C=O) groups is 1. The van der Waals surface area contributed by atoms with Crippen LogP contribution in [-0.4, -0.2) is 12.7 Å². The largest absolute Gasteiger partial charge is 0.303 e. The average Bonchev–Trinajstić information content (AvgIpc) is 1.61. The molecule has 2 unspecified atom stereocenters. The molecule has 52 valence electrons. The zero-order valence-corrected chi connectivity index (χ0v) is 4.89. The predicted octanol–water partition coefficient (Wildman–Crippen LogP) is 1.48. The van der Waals surface area contributed by atoms with Gasteiger partial charge in [-0.3, -0.25) is 0 Å². The van der Waals surface area contributed by atoms with Gasteiger partial charge in [-0.15, -0.1) is 0 Å². The van der Waals surface area contributed by atoms with E-state index in [1.54, 1.807) is 0 Å². The summed E-state index contributed by atoms with van der Waals surface area (Å²) in [7, 11) is 0. The highest BCUT2D eigenvalue weighted by Crippen LogP contribution is 2.36. The first-order valence-corrected chi connectivity index (χ1v) is 2.99. The number of carbonyl (C=O) groups excluding carboxylic acids is 1. The fourth-order valence-corrected chi connectivity index (χ4v) is 1.03. The van der Waals surface area contributed by atoms with E-state index in [9.17, 15) is 13.6 Å². The topological polar surface area (TPSA) is 17.1 Å². The molecule has 0 bridgehead atoms. The van der Waals surface area contributed by atoms with Crippen LogP contribution in [0.3, 0.4) is 0 Å². The van der Waals surface area contributed by atoms with Gasteiger partial charge in [-0.1, -0.05) is 0 Å². The molecule has 0 aromatic heterocycles. The van der Waals surface area contributed by atoms with Crippen LogP contribution in [0.15, 0.2) is 0 Å². The van der Waals surface area contributed by atoms with Crippen molar-refractivity contribution in [3.63, 3.8) is 0 Å². The number of hydrogen-bond donors (Lipinski definition) is 0. The lowest BCUT2D eigenvalue weighted by atomic mass is 9.75. The fourth-order valence-electron chi connectivity index (χ4n) is 1.03. The number of halogens is 2. The van der Waals surface area contributed by atoms with Gasteiger partial charge >= 0.3 is 0 Å². The molecule has 0 spiro atoms. The Morgan fingerprint density at radius 2 is 2.11 bits per heavy atom. The quantitative estimate of drug-likeness (QED) is 0.523. The second-order valence-corrected chi connectivity index (χ2v) is 2.38. The maximum atomic E-state index is 11.8. The summed E-state index contributed by atoms with van der Waals surface area (Å²) >= 11 is 0. The highest BCUT2D eigenvalue weighted by atomic mass is 19.3.